The van der Waals surface area contributed by atoms with Crippen molar-refractivity contribution in [3.63, 3.8) is 0 Å². The van der Waals surface area contributed by atoms with Crippen LogP contribution in [0.1, 0.15) is 11.1 Å². The Morgan fingerprint density at radius 2 is 1.83 bits per heavy atom. The van der Waals surface area contributed by atoms with Crippen molar-refractivity contribution >= 4 is 22.0 Å². The fraction of sp³-hybridized carbons (Fsp3) is 0.118. The smallest absolute Gasteiger partial charge is 0.408 e. The predicted octanol–water partition coefficient (Wildman–Crippen LogP) is 4.01. The third-order valence-corrected chi connectivity index (χ3v) is 3.21. The van der Waals surface area contributed by atoms with Crippen LogP contribution in [-0.2, 0) is 11.3 Å². The van der Waals surface area contributed by atoms with E-state index < -0.39 is 17.7 Å². The minimum atomic E-state index is -0.768. The number of halogens is 3. The summed E-state index contributed by atoms with van der Waals surface area (Å²) >= 11 is 2.98. The van der Waals surface area contributed by atoms with Gasteiger partial charge in [0.2, 0.25) is 0 Å². The highest BCUT2D eigenvalue weighted by molar-refractivity contribution is 9.10. The molecule has 0 saturated carbocycles. The van der Waals surface area contributed by atoms with Gasteiger partial charge in [0.25, 0.3) is 0 Å². The number of benzene rings is 2. The first-order valence-corrected chi connectivity index (χ1v) is 7.43. The van der Waals surface area contributed by atoms with E-state index in [1.165, 1.54) is 0 Å². The first-order chi connectivity index (χ1) is 11.1. The van der Waals surface area contributed by atoms with E-state index >= 15 is 0 Å². The van der Waals surface area contributed by atoms with Crippen molar-refractivity contribution in [2.45, 2.75) is 6.61 Å². The molecular formula is C17H12BrF2NO2. The van der Waals surface area contributed by atoms with Gasteiger partial charge in [-0.05, 0) is 17.7 Å². The van der Waals surface area contributed by atoms with Crippen LogP contribution in [0.15, 0.2) is 46.9 Å². The molecule has 2 aromatic carbocycles. The molecule has 0 aliphatic heterocycles. The minimum absolute atomic E-state index is 0.0808. The second-order valence-corrected chi connectivity index (χ2v) is 5.38. The molecule has 2 rings (SSSR count). The Hall–Kier alpha value is -2.39. The van der Waals surface area contributed by atoms with Crippen molar-refractivity contribution in [1.82, 2.24) is 5.32 Å². The van der Waals surface area contributed by atoms with Gasteiger partial charge in [-0.2, -0.15) is 0 Å². The summed E-state index contributed by atoms with van der Waals surface area (Å²) in [5.41, 5.74) is 0.514. The molecule has 0 aromatic heterocycles. The molecule has 0 aliphatic carbocycles. The van der Waals surface area contributed by atoms with Gasteiger partial charge in [0.15, 0.2) is 0 Å². The van der Waals surface area contributed by atoms with Crippen LogP contribution < -0.4 is 5.32 Å². The summed E-state index contributed by atoms with van der Waals surface area (Å²) in [4.78, 5) is 11.5. The minimum Gasteiger partial charge on any atom is -0.445 e. The van der Waals surface area contributed by atoms with E-state index in [2.05, 4.69) is 33.1 Å². The fourth-order valence-electron chi connectivity index (χ4n) is 1.68. The summed E-state index contributed by atoms with van der Waals surface area (Å²) < 4.78 is 32.3. The lowest BCUT2D eigenvalue weighted by Crippen LogP contribution is -2.24. The van der Waals surface area contributed by atoms with Gasteiger partial charge in [-0.25, -0.2) is 13.6 Å². The number of amides is 1. The van der Waals surface area contributed by atoms with Crippen LogP contribution in [-0.4, -0.2) is 12.6 Å². The monoisotopic (exact) mass is 379 g/mol. The second-order valence-electron chi connectivity index (χ2n) is 4.46. The molecule has 0 fully saturated rings. The van der Waals surface area contributed by atoms with Crippen molar-refractivity contribution in [3.8, 4) is 11.8 Å². The molecule has 0 aliphatic rings. The number of nitrogens with one attached hydrogen (secondary N) is 1. The summed E-state index contributed by atoms with van der Waals surface area (Å²) in [5, 5.41) is 2.38. The van der Waals surface area contributed by atoms with Gasteiger partial charge in [-0.15, -0.1) is 0 Å². The van der Waals surface area contributed by atoms with E-state index in [1.807, 2.05) is 30.3 Å². The van der Waals surface area contributed by atoms with E-state index in [4.69, 9.17) is 4.74 Å². The van der Waals surface area contributed by atoms with Gasteiger partial charge in [-0.3, -0.25) is 0 Å². The third-order valence-electron chi connectivity index (χ3n) is 2.75. The third kappa shape index (κ3) is 5.38. The van der Waals surface area contributed by atoms with Gasteiger partial charge < -0.3 is 10.1 Å². The van der Waals surface area contributed by atoms with Crippen LogP contribution >= 0.6 is 15.9 Å². The highest BCUT2D eigenvalue weighted by Gasteiger charge is 2.07. The maximum Gasteiger partial charge on any atom is 0.408 e. The molecule has 3 nitrogen and oxygen atoms in total. The Morgan fingerprint density at radius 3 is 2.48 bits per heavy atom. The maximum atomic E-state index is 13.5. The highest BCUT2D eigenvalue weighted by Crippen LogP contribution is 2.18. The number of alkyl carbamates (subject to hydrolysis) is 1. The van der Waals surface area contributed by atoms with Gasteiger partial charge in [0.1, 0.15) is 18.2 Å². The molecule has 0 spiro atoms. The van der Waals surface area contributed by atoms with Crippen molar-refractivity contribution < 1.29 is 18.3 Å². The largest absolute Gasteiger partial charge is 0.445 e. The molecule has 0 saturated heterocycles. The molecule has 6 heteroatoms. The van der Waals surface area contributed by atoms with Crippen molar-refractivity contribution in [3.05, 3.63) is 69.7 Å². The zero-order valence-corrected chi connectivity index (χ0v) is 13.5. The lowest BCUT2D eigenvalue weighted by molar-refractivity contribution is 0.141. The van der Waals surface area contributed by atoms with E-state index in [0.717, 1.165) is 17.7 Å². The van der Waals surface area contributed by atoms with Crippen LogP contribution in [0.5, 0.6) is 0 Å². The Balaban J connectivity index is 1.83. The molecule has 0 radical (unpaired) electrons. The summed E-state index contributed by atoms with van der Waals surface area (Å²) in [6.45, 7) is 0.0542. The van der Waals surface area contributed by atoms with Crippen LogP contribution in [0.25, 0.3) is 0 Å². The number of hydrogen-bond acceptors (Lipinski definition) is 2. The maximum absolute atomic E-state index is 13.5. The van der Waals surface area contributed by atoms with E-state index in [1.54, 1.807) is 0 Å². The molecule has 0 unspecified atom stereocenters. The summed E-state index contributed by atoms with van der Waals surface area (Å²) in [7, 11) is 0. The normalized spacial score (nSPS) is 9.70. The van der Waals surface area contributed by atoms with E-state index in [9.17, 15) is 13.6 Å². The molecular weight excluding hydrogens is 368 g/mol. The van der Waals surface area contributed by atoms with Crippen molar-refractivity contribution in [2.75, 3.05) is 6.54 Å². The zero-order chi connectivity index (χ0) is 16.7. The number of carbonyl (C=O) groups is 1. The highest BCUT2D eigenvalue weighted by atomic mass is 79.9. The molecule has 1 amide bonds. The second kappa shape index (κ2) is 8.30. The Morgan fingerprint density at radius 1 is 1.17 bits per heavy atom. The Labute approximate surface area is 140 Å². The standard InChI is InChI=1S/C17H12BrF2NO2/c18-13-9-15(19)14(16(20)10-13)7-4-8-21-17(22)23-11-12-5-2-1-3-6-12/h1-3,5-6,9-10H,8,11H2,(H,21,22). The SMILES string of the molecule is O=C(NCC#Cc1c(F)cc(Br)cc1F)OCc1ccccc1. The molecule has 118 valence electrons. The molecule has 0 bridgehead atoms. The van der Waals surface area contributed by atoms with E-state index in [0.29, 0.717) is 4.47 Å². The first kappa shape index (κ1) is 17.0. The zero-order valence-electron chi connectivity index (χ0n) is 11.9. The topological polar surface area (TPSA) is 38.3 Å². The lowest BCUT2D eigenvalue weighted by Gasteiger charge is -2.04. The average molecular weight is 380 g/mol. The van der Waals surface area contributed by atoms with Crippen LogP contribution in [0.3, 0.4) is 0 Å². The summed E-state index contributed by atoms with van der Waals surface area (Å²) in [6.07, 6.45) is -0.653. The molecule has 0 atom stereocenters. The average Bonchev–Trinajstić information content (AvgIpc) is 2.52. The molecule has 23 heavy (non-hydrogen) atoms. The Kier molecular flexibility index (Phi) is 6.12. The summed E-state index contributed by atoms with van der Waals surface area (Å²) in [6, 6.07) is 11.4. The molecule has 0 heterocycles. The number of hydrogen-bond donors (Lipinski definition) is 1. The fourth-order valence-corrected chi connectivity index (χ4v) is 2.09. The molecule has 1 N–H and O–H groups in total. The lowest BCUT2D eigenvalue weighted by atomic mass is 10.2. The summed E-state index contributed by atoms with van der Waals surface area (Å²) in [5.74, 6) is 3.29. The number of ether oxygens (including phenoxy) is 1. The van der Waals surface area contributed by atoms with E-state index in [-0.39, 0.29) is 18.7 Å². The van der Waals surface area contributed by atoms with Crippen molar-refractivity contribution in [2.24, 2.45) is 0 Å². The number of rotatable bonds is 3. The van der Waals surface area contributed by atoms with Crippen LogP contribution in [0.4, 0.5) is 13.6 Å². The predicted molar refractivity (Wildman–Crippen MR) is 85.6 cm³/mol. The van der Waals surface area contributed by atoms with Gasteiger partial charge in [-0.1, -0.05) is 58.1 Å². The van der Waals surface area contributed by atoms with Crippen LogP contribution in [0, 0.1) is 23.5 Å². The van der Waals surface area contributed by atoms with Crippen molar-refractivity contribution in [1.29, 1.82) is 0 Å². The number of carbonyl (C=O) groups excluding carboxylic acids is 1. The first-order valence-electron chi connectivity index (χ1n) is 6.64. The van der Waals surface area contributed by atoms with Gasteiger partial charge >= 0.3 is 6.09 Å². The van der Waals surface area contributed by atoms with Crippen LogP contribution in [0.2, 0.25) is 0 Å². The molecule has 2 aromatic rings. The van der Waals surface area contributed by atoms with Gasteiger partial charge in [0, 0.05) is 4.47 Å². The Bertz CT molecular complexity index is 731. The van der Waals surface area contributed by atoms with Gasteiger partial charge in [0.05, 0.1) is 12.1 Å². The quantitative estimate of drug-likeness (QED) is 0.818.